The highest BCUT2D eigenvalue weighted by Crippen LogP contribution is 2.43. The fraction of sp³-hybridized carbons (Fsp3) is 0.259. The molecule has 1 aliphatic rings. The van der Waals surface area contributed by atoms with E-state index in [0.717, 1.165) is 0 Å². The molecule has 0 spiro atoms. The van der Waals surface area contributed by atoms with Crippen molar-refractivity contribution in [2.24, 2.45) is 7.05 Å². The highest BCUT2D eigenvalue weighted by molar-refractivity contribution is 6.30. The van der Waals surface area contributed by atoms with Crippen LogP contribution >= 0.6 is 11.6 Å². The molecule has 39 heavy (non-hydrogen) atoms. The Hall–Kier alpha value is -4.69. The Bertz CT molecular complexity index is 1780. The van der Waals surface area contributed by atoms with Crippen LogP contribution in [0.2, 0.25) is 5.02 Å². The third-order valence-electron chi connectivity index (χ3n) is 6.60. The zero-order valence-electron chi connectivity index (χ0n) is 21.9. The highest BCUT2D eigenvalue weighted by atomic mass is 35.5. The number of nitrogens with one attached hydrogen (secondary N) is 1. The normalized spacial score (nSPS) is 14.6. The summed E-state index contributed by atoms with van der Waals surface area (Å²) in [5, 5.41) is 9.60. The third-order valence-corrected chi connectivity index (χ3v) is 6.81. The van der Waals surface area contributed by atoms with Gasteiger partial charge >= 0.3 is 0 Å². The fourth-order valence-corrected chi connectivity index (χ4v) is 5.07. The Morgan fingerprint density at radius 3 is 2.44 bits per heavy atom. The van der Waals surface area contributed by atoms with E-state index in [1.54, 1.807) is 50.3 Å². The Labute approximate surface area is 228 Å². The minimum Gasteiger partial charge on any atom is -0.348 e. The Morgan fingerprint density at radius 2 is 1.85 bits per heavy atom. The monoisotopic (exact) mass is 544 g/mol. The van der Waals surface area contributed by atoms with Crippen molar-refractivity contribution in [3.8, 4) is 17.5 Å². The number of aromatic nitrogens is 5. The van der Waals surface area contributed by atoms with E-state index in [1.807, 2.05) is 18.4 Å². The first-order valence-corrected chi connectivity index (χ1v) is 12.5. The summed E-state index contributed by atoms with van der Waals surface area (Å²) in [5.41, 5.74) is 1.24. The summed E-state index contributed by atoms with van der Waals surface area (Å²) in [6.07, 6.45) is 2.91. The van der Waals surface area contributed by atoms with Crippen LogP contribution in [-0.4, -0.2) is 44.1 Å². The molecule has 1 aromatic carbocycles. The molecule has 0 bridgehead atoms. The molecule has 3 aromatic heterocycles. The van der Waals surface area contributed by atoms with E-state index in [4.69, 9.17) is 11.6 Å². The molecule has 0 aliphatic carbocycles. The molecule has 1 unspecified atom stereocenters. The van der Waals surface area contributed by atoms with Crippen molar-refractivity contribution in [1.29, 1.82) is 5.26 Å². The Balaban J connectivity index is 1.80. The molecule has 0 fully saturated rings. The lowest BCUT2D eigenvalue weighted by Gasteiger charge is -2.28. The lowest BCUT2D eigenvalue weighted by Crippen LogP contribution is -2.36. The van der Waals surface area contributed by atoms with Crippen molar-refractivity contribution in [1.82, 2.24) is 24.1 Å². The molecule has 1 aliphatic heterocycles. The quantitative estimate of drug-likeness (QED) is 0.407. The first-order valence-electron chi connectivity index (χ1n) is 12.1. The number of benzene rings is 1. The minimum absolute atomic E-state index is 0.0917. The summed E-state index contributed by atoms with van der Waals surface area (Å²) in [6.45, 7) is 3.84. The van der Waals surface area contributed by atoms with Crippen LogP contribution in [0.4, 0.5) is 11.6 Å². The van der Waals surface area contributed by atoms with Crippen LogP contribution in [0.1, 0.15) is 53.2 Å². The van der Waals surface area contributed by atoms with Gasteiger partial charge < -0.3 is 14.0 Å². The van der Waals surface area contributed by atoms with Gasteiger partial charge in [0.05, 0.1) is 22.3 Å². The smallest absolute Gasteiger partial charge is 0.279 e. The van der Waals surface area contributed by atoms with Gasteiger partial charge in [0.15, 0.2) is 5.69 Å². The summed E-state index contributed by atoms with van der Waals surface area (Å²) in [5.74, 6) is 0.168. The molecule has 0 saturated carbocycles. The van der Waals surface area contributed by atoms with Gasteiger partial charge in [0.25, 0.3) is 17.0 Å². The molecule has 198 valence electrons. The number of hydrogen-bond acceptors (Lipinski definition) is 7. The van der Waals surface area contributed by atoms with Crippen LogP contribution in [0, 0.1) is 11.3 Å². The van der Waals surface area contributed by atoms with Gasteiger partial charge in [0, 0.05) is 39.6 Å². The van der Waals surface area contributed by atoms with E-state index in [-0.39, 0.29) is 28.0 Å². The second kappa shape index (κ2) is 9.56. The summed E-state index contributed by atoms with van der Waals surface area (Å²) in [7, 11) is 5.08. The highest BCUT2D eigenvalue weighted by Gasteiger charge is 2.46. The van der Waals surface area contributed by atoms with Crippen LogP contribution in [-0.2, 0) is 7.05 Å². The van der Waals surface area contributed by atoms with Gasteiger partial charge in [-0.25, -0.2) is 9.97 Å². The maximum absolute atomic E-state index is 14.0. The number of anilines is 2. The molecular weight excluding hydrogens is 520 g/mol. The van der Waals surface area contributed by atoms with Crippen molar-refractivity contribution in [2.75, 3.05) is 23.9 Å². The number of aromatic amines is 1. The third kappa shape index (κ3) is 4.19. The molecule has 12 heteroatoms. The SMILES string of the molecule is CC(C)n1c(-c2cnc(N(C)C)[nH]c2=O)nc2c1C(c1ccc(C#N)cc1)N(c1cc(Cl)cn(C)c1=O)C2=O. The fourth-order valence-electron chi connectivity index (χ4n) is 4.82. The van der Waals surface area contributed by atoms with Crippen LogP contribution in [0.5, 0.6) is 0 Å². The van der Waals surface area contributed by atoms with E-state index in [9.17, 15) is 19.6 Å². The van der Waals surface area contributed by atoms with Gasteiger partial charge in [-0.05, 0) is 37.6 Å². The number of halogens is 1. The molecule has 0 radical (unpaired) electrons. The van der Waals surface area contributed by atoms with Crippen molar-refractivity contribution < 1.29 is 4.79 Å². The Kier molecular flexibility index (Phi) is 6.36. The topological polar surface area (TPSA) is 133 Å². The first-order chi connectivity index (χ1) is 18.5. The minimum atomic E-state index is -0.775. The van der Waals surface area contributed by atoms with Crippen LogP contribution in [0.3, 0.4) is 0 Å². The molecule has 5 rings (SSSR count). The maximum Gasteiger partial charge on any atom is 0.279 e. The number of amides is 1. The van der Waals surface area contributed by atoms with E-state index >= 15 is 0 Å². The summed E-state index contributed by atoms with van der Waals surface area (Å²) >= 11 is 6.30. The van der Waals surface area contributed by atoms with Gasteiger partial charge in [0.2, 0.25) is 5.95 Å². The molecule has 4 aromatic rings. The van der Waals surface area contributed by atoms with Gasteiger partial charge in [0.1, 0.15) is 23.1 Å². The van der Waals surface area contributed by atoms with Crippen molar-refractivity contribution in [3.63, 3.8) is 0 Å². The molecular formula is C27H25ClN8O3. The lowest BCUT2D eigenvalue weighted by molar-refractivity contribution is 0.0989. The number of H-pyrrole nitrogens is 1. The summed E-state index contributed by atoms with van der Waals surface area (Å²) in [4.78, 5) is 55.2. The Morgan fingerprint density at radius 1 is 1.15 bits per heavy atom. The zero-order valence-corrected chi connectivity index (χ0v) is 22.7. The molecule has 1 atom stereocenters. The van der Waals surface area contributed by atoms with Crippen LogP contribution in [0.25, 0.3) is 11.4 Å². The van der Waals surface area contributed by atoms with Gasteiger partial charge in [-0.15, -0.1) is 0 Å². The standard InChI is InChI=1S/C27H25ClN8O3/c1-14(2)35-22-20(31-23(35)18-12-30-27(33(3)4)32-24(18)37)26(39)36(19-10-17(28)13-34(5)25(19)38)21(22)16-8-6-15(11-29)7-9-16/h6-10,12-14,21H,1-5H3,(H,30,32,37). The number of fused-ring (bicyclic) bond motifs is 1. The number of carbonyl (C=O) groups is 1. The largest absolute Gasteiger partial charge is 0.348 e. The second-order valence-corrected chi connectivity index (χ2v) is 10.2. The van der Waals surface area contributed by atoms with E-state index in [1.165, 1.54) is 27.9 Å². The van der Waals surface area contributed by atoms with Crippen molar-refractivity contribution >= 4 is 29.1 Å². The van der Waals surface area contributed by atoms with E-state index in [2.05, 4.69) is 21.0 Å². The first kappa shape index (κ1) is 25.9. The average Bonchev–Trinajstić information content (AvgIpc) is 3.41. The second-order valence-electron chi connectivity index (χ2n) is 9.75. The van der Waals surface area contributed by atoms with Gasteiger partial charge in [-0.2, -0.15) is 5.26 Å². The average molecular weight is 545 g/mol. The number of pyridine rings is 1. The molecule has 1 N–H and O–H groups in total. The predicted molar refractivity (Wildman–Crippen MR) is 147 cm³/mol. The van der Waals surface area contributed by atoms with Gasteiger partial charge in [-0.1, -0.05) is 23.7 Å². The number of imidazole rings is 1. The zero-order chi connectivity index (χ0) is 28.2. The number of nitriles is 1. The molecule has 4 heterocycles. The molecule has 11 nitrogen and oxygen atoms in total. The maximum atomic E-state index is 14.0. The molecule has 0 saturated heterocycles. The van der Waals surface area contributed by atoms with E-state index in [0.29, 0.717) is 28.6 Å². The number of nitrogens with zero attached hydrogens (tertiary/aromatic N) is 7. The van der Waals surface area contributed by atoms with Crippen LogP contribution < -0.4 is 20.9 Å². The number of carbonyl (C=O) groups excluding carboxylic acids is 1. The van der Waals surface area contributed by atoms with E-state index < -0.39 is 23.1 Å². The number of hydrogen-bond donors (Lipinski definition) is 1. The number of aryl methyl sites for hydroxylation is 1. The molecule has 1 amide bonds. The van der Waals surface area contributed by atoms with Crippen molar-refractivity contribution in [3.05, 3.63) is 91.0 Å². The summed E-state index contributed by atoms with van der Waals surface area (Å²) < 4.78 is 3.14. The lowest BCUT2D eigenvalue weighted by atomic mass is 10.0. The predicted octanol–water partition coefficient (Wildman–Crippen LogP) is 3.25. The van der Waals surface area contributed by atoms with Gasteiger partial charge in [-0.3, -0.25) is 24.3 Å². The summed E-state index contributed by atoms with van der Waals surface area (Å²) in [6, 6.07) is 9.34. The number of rotatable bonds is 5. The van der Waals surface area contributed by atoms with Crippen molar-refractivity contribution in [2.45, 2.75) is 25.9 Å². The van der Waals surface area contributed by atoms with Crippen LogP contribution in [0.15, 0.2) is 52.3 Å².